The van der Waals surface area contributed by atoms with E-state index < -0.39 is 23.7 Å². The molecule has 0 fully saturated rings. The highest BCUT2D eigenvalue weighted by Gasteiger charge is 2.22. The molecular weight excluding hydrogens is 415 g/mol. The molecule has 3 rings (SSSR count). The van der Waals surface area contributed by atoms with Crippen LogP contribution in [0.25, 0.3) is 10.9 Å². The summed E-state index contributed by atoms with van der Waals surface area (Å²) in [5.74, 6) is -1.13. The highest BCUT2D eigenvalue weighted by Crippen LogP contribution is 2.32. The molecule has 0 bridgehead atoms. The van der Waals surface area contributed by atoms with Crippen LogP contribution < -0.4 is 14.8 Å². The maximum absolute atomic E-state index is 13.8. The first-order valence-corrected chi connectivity index (χ1v) is 10.2. The van der Waals surface area contributed by atoms with Crippen LogP contribution in [0.3, 0.4) is 0 Å². The zero-order chi connectivity index (χ0) is 23.3. The molecule has 1 atom stereocenters. The molecule has 0 radical (unpaired) electrons. The summed E-state index contributed by atoms with van der Waals surface area (Å²) in [7, 11) is 1.49. The van der Waals surface area contributed by atoms with Crippen molar-refractivity contribution in [3.63, 3.8) is 0 Å². The highest BCUT2D eigenvalue weighted by atomic mass is 19.1. The molecule has 1 unspecified atom stereocenters. The first kappa shape index (κ1) is 23.0. The second-order valence-electron chi connectivity index (χ2n) is 7.36. The fourth-order valence-electron chi connectivity index (χ4n) is 3.41. The van der Waals surface area contributed by atoms with Gasteiger partial charge in [0, 0.05) is 11.1 Å². The summed E-state index contributed by atoms with van der Waals surface area (Å²) in [4.78, 5) is 29.0. The molecule has 0 aliphatic rings. The summed E-state index contributed by atoms with van der Waals surface area (Å²) >= 11 is 0. The number of benzene rings is 2. The number of hydrogen-bond acceptors (Lipinski definition) is 5. The molecule has 0 aliphatic heterocycles. The number of aromatic nitrogens is 1. The van der Waals surface area contributed by atoms with Gasteiger partial charge in [-0.25, -0.2) is 4.39 Å². The molecule has 0 aliphatic carbocycles. The summed E-state index contributed by atoms with van der Waals surface area (Å²) in [6.07, 6.45) is 0.475. The minimum absolute atomic E-state index is 0.220. The van der Waals surface area contributed by atoms with Crippen LogP contribution in [0, 0.1) is 12.7 Å². The van der Waals surface area contributed by atoms with Gasteiger partial charge in [0.05, 0.1) is 37.3 Å². The molecule has 0 saturated carbocycles. The van der Waals surface area contributed by atoms with Crippen LogP contribution >= 0.6 is 0 Å². The highest BCUT2D eigenvalue weighted by molar-refractivity contribution is 6.06. The zero-order valence-electron chi connectivity index (χ0n) is 18.1. The number of carbonyl (C=O) groups is 2. The number of carboxylic acid groups (broad SMARTS) is 1. The molecule has 1 amide bonds. The Morgan fingerprint density at radius 1 is 1.16 bits per heavy atom. The van der Waals surface area contributed by atoms with Gasteiger partial charge in [0.2, 0.25) is 0 Å². The molecule has 168 valence electrons. The maximum atomic E-state index is 13.8. The normalized spacial score (nSPS) is 11.8. The van der Waals surface area contributed by atoms with Gasteiger partial charge < -0.3 is 19.9 Å². The Balaban J connectivity index is 1.96. The predicted molar refractivity (Wildman–Crippen MR) is 118 cm³/mol. The van der Waals surface area contributed by atoms with Gasteiger partial charge >= 0.3 is 5.97 Å². The lowest BCUT2D eigenvalue weighted by molar-refractivity contribution is -0.137. The molecule has 7 nitrogen and oxygen atoms in total. The van der Waals surface area contributed by atoms with Crippen LogP contribution in [0.2, 0.25) is 0 Å². The zero-order valence-corrected chi connectivity index (χ0v) is 18.1. The van der Waals surface area contributed by atoms with Gasteiger partial charge in [0.25, 0.3) is 5.91 Å². The van der Waals surface area contributed by atoms with Crippen molar-refractivity contribution in [2.45, 2.75) is 32.7 Å². The van der Waals surface area contributed by atoms with Crippen LogP contribution in [-0.4, -0.2) is 35.7 Å². The molecule has 1 heterocycles. The van der Waals surface area contributed by atoms with Crippen LogP contribution in [0.5, 0.6) is 11.5 Å². The maximum Gasteiger partial charge on any atom is 0.305 e. The number of fused-ring (bicyclic) bond motifs is 1. The van der Waals surface area contributed by atoms with Crippen LogP contribution in [-0.2, 0) is 4.79 Å². The fraction of sp³-hybridized carbons (Fsp3) is 0.292. The van der Waals surface area contributed by atoms with Gasteiger partial charge in [-0.2, -0.15) is 0 Å². The SMILES string of the molecule is CCCOc1ccc(C(CC(=O)O)NC(=O)c2cc(C)nc3ccc(F)cc23)cc1OC. The number of hydrogen-bond donors (Lipinski definition) is 2. The third kappa shape index (κ3) is 5.32. The van der Waals surface area contributed by atoms with Crippen molar-refractivity contribution in [1.82, 2.24) is 10.3 Å². The average Bonchev–Trinajstić information content (AvgIpc) is 2.76. The molecule has 8 heteroatoms. The largest absolute Gasteiger partial charge is 0.493 e. The van der Waals surface area contributed by atoms with Crippen molar-refractivity contribution in [1.29, 1.82) is 0 Å². The van der Waals surface area contributed by atoms with Crippen molar-refractivity contribution in [3.8, 4) is 11.5 Å². The van der Waals surface area contributed by atoms with Crippen molar-refractivity contribution in [2.24, 2.45) is 0 Å². The number of carbonyl (C=O) groups excluding carboxylic acids is 1. The third-order valence-corrected chi connectivity index (χ3v) is 4.88. The third-order valence-electron chi connectivity index (χ3n) is 4.88. The molecule has 3 aromatic rings. The lowest BCUT2D eigenvalue weighted by Gasteiger charge is -2.20. The van der Waals surface area contributed by atoms with E-state index in [1.807, 2.05) is 6.92 Å². The number of pyridine rings is 1. The monoisotopic (exact) mass is 440 g/mol. The van der Waals surface area contributed by atoms with E-state index >= 15 is 0 Å². The summed E-state index contributed by atoms with van der Waals surface area (Å²) in [6, 6.07) is 9.76. The average molecular weight is 440 g/mol. The van der Waals surface area contributed by atoms with Gasteiger partial charge in [0.15, 0.2) is 11.5 Å². The number of aliphatic carboxylic acids is 1. The Morgan fingerprint density at radius 2 is 1.94 bits per heavy atom. The van der Waals surface area contributed by atoms with E-state index in [9.17, 15) is 19.1 Å². The molecular formula is C24H25FN2O5. The smallest absolute Gasteiger partial charge is 0.305 e. The summed E-state index contributed by atoms with van der Waals surface area (Å²) in [5, 5.41) is 12.5. The van der Waals surface area contributed by atoms with Crippen LogP contribution in [0.15, 0.2) is 42.5 Å². The first-order valence-electron chi connectivity index (χ1n) is 10.2. The van der Waals surface area contributed by atoms with Crippen molar-refractivity contribution in [2.75, 3.05) is 13.7 Å². The van der Waals surface area contributed by atoms with Crippen LogP contribution in [0.4, 0.5) is 4.39 Å². The Morgan fingerprint density at radius 3 is 2.62 bits per heavy atom. The number of amides is 1. The minimum atomic E-state index is -1.08. The number of halogens is 1. The van der Waals surface area contributed by atoms with E-state index in [-0.39, 0.29) is 12.0 Å². The molecule has 0 saturated heterocycles. The van der Waals surface area contributed by atoms with E-state index in [0.717, 1.165) is 6.42 Å². The molecule has 1 aromatic heterocycles. The van der Waals surface area contributed by atoms with Gasteiger partial charge in [-0.1, -0.05) is 13.0 Å². The van der Waals surface area contributed by atoms with E-state index in [1.165, 1.54) is 25.3 Å². The number of methoxy groups -OCH3 is 1. The standard InChI is InChI=1S/C24H25FN2O5/c1-4-9-32-21-8-5-15(11-22(21)31-3)20(13-23(28)29)27-24(30)18-10-14(2)26-19-7-6-16(25)12-17(18)19/h5-8,10-12,20H,4,9,13H2,1-3H3,(H,27,30)(H,28,29). The molecule has 0 spiro atoms. The molecule has 32 heavy (non-hydrogen) atoms. The second kappa shape index (κ2) is 10.1. The lowest BCUT2D eigenvalue weighted by Crippen LogP contribution is -2.30. The van der Waals surface area contributed by atoms with E-state index in [1.54, 1.807) is 31.2 Å². The Hall–Kier alpha value is -3.68. The number of aryl methyl sites for hydroxylation is 1. The van der Waals surface area contributed by atoms with E-state index in [4.69, 9.17) is 9.47 Å². The van der Waals surface area contributed by atoms with Gasteiger partial charge in [-0.3, -0.25) is 14.6 Å². The van der Waals surface area contributed by atoms with Crippen molar-refractivity contribution < 1.29 is 28.6 Å². The Bertz CT molecular complexity index is 1150. The van der Waals surface area contributed by atoms with Crippen molar-refractivity contribution >= 4 is 22.8 Å². The van der Waals surface area contributed by atoms with Crippen LogP contribution in [0.1, 0.15) is 47.4 Å². The van der Waals surface area contributed by atoms with Gasteiger partial charge in [-0.15, -0.1) is 0 Å². The Labute approximate surface area is 185 Å². The molecule has 2 aromatic carbocycles. The number of nitrogens with zero attached hydrogens (tertiary/aromatic N) is 1. The van der Waals surface area contributed by atoms with E-state index in [2.05, 4.69) is 10.3 Å². The Kier molecular flexibility index (Phi) is 7.25. The number of rotatable bonds is 9. The topological polar surface area (TPSA) is 97.8 Å². The molecule has 2 N–H and O–H groups in total. The quantitative estimate of drug-likeness (QED) is 0.511. The number of nitrogens with one attached hydrogen (secondary N) is 1. The predicted octanol–water partition coefficient (Wildman–Crippen LogP) is 4.43. The van der Waals surface area contributed by atoms with Crippen molar-refractivity contribution in [3.05, 3.63) is 65.1 Å². The fourth-order valence-corrected chi connectivity index (χ4v) is 3.41. The minimum Gasteiger partial charge on any atom is -0.493 e. The summed E-state index contributed by atoms with van der Waals surface area (Å²) in [5.41, 5.74) is 1.83. The summed E-state index contributed by atoms with van der Waals surface area (Å²) in [6.45, 7) is 4.22. The number of ether oxygens (including phenoxy) is 2. The number of carboxylic acids is 1. The second-order valence-corrected chi connectivity index (χ2v) is 7.36. The lowest BCUT2D eigenvalue weighted by atomic mass is 10.0. The van der Waals surface area contributed by atoms with E-state index in [0.29, 0.717) is 40.3 Å². The van der Waals surface area contributed by atoms with Gasteiger partial charge in [0.1, 0.15) is 5.82 Å². The van der Waals surface area contributed by atoms with Gasteiger partial charge in [-0.05, 0) is 55.3 Å². The first-order chi connectivity index (χ1) is 15.3. The summed E-state index contributed by atoms with van der Waals surface area (Å²) < 4.78 is 24.9.